The maximum atomic E-state index is 2.82. The van der Waals surface area contributed by atoms with Gasteiger partial charge in [-0.05, 0) is 90.0 Å². The minimum Gasteiger partial charge on any atom is -0.298 e. The Hall–Kier alpha value is -0.0800. The molecule has 0 amide bonds. The third-order valence-electron chi connectivity index (χ3n) is 7.60. The Morgan fingerprint density at radius 1 is 0.960 bits per heavy atom. The Morgan fingerprint density at radius 3 is 2.16 bits per heavy atom. The van der Waals surface area contributed by atoms with Crippen molar-refractivity contribution in [2.45, 2.75) is 112 Å². The molecule has 6 atom stereocenters. The Bertz CT molecular complexity index is 411. The van der Waals surface area contributed by atoms with Crippen molar-refractivity contribution in [3.63, 3.8) is 0 Å². The van der Waals surface area contributed by atoms with E-state index in [1.165, 1.54) is 38.8 Å². The molecule has 0 N–H and O–H groups in total. The molecule has 148 valence electrons. The molecule has 2 fully saturated rings. The molecule has 0 bridgehead atoms. The van der Waals surface area contributed by atoms with Gasteiger partial charge in [0.05, 0.1) is 0 Å². The summed E-state index contributed by atoms with van der Waals surface area (Å²) in [5, 5.41) is 0. The topological polar surface area (TPSA) is 6.48 Å². The number of likely N-dealkylation sites (tertiary alicyclic amines) is 2. The van der Waals surface area contributed by atoms with Crippen LogP contribution in [0.2, 0.25) is 0 Å². The van der Waals surface area contributed by atoms with Crippen molar-refractivity contribution in [2.75, 3.05) is 13.1 Å². The van der Waals surface area contributed by atoms with Gasteiger partial charge in [0, 0.05) is 30.7 Å². The highest BCUT2D eigenvalue weighted by molar-refractivity contribution is 4.94. The summed E-state index contributed by atoms with van der Waals surface area (Å²) in [6.07, 6.45) is 5.59. The van der Waals surface area contributed by atoms with Gasteiger partial charge in [-0.25, -0.2) is 0 Å². The molecule has 0 aliphatic carbocycles. The molecule has 0 radical (unpaired) electrons. The third kappa shape index (κ3) is 5.01. The van der Waals surface area contributed by atoms with Gasteiger partial charge in [-0.15, -0.1) is 0 Å². The first-order valence-electron chi connectivity index (χ1n) is 11.0. The molecule has 2 aliphatic heterocycles. The highest BCUT2D eigenvalue weighted by atomic mass is 15.2. The van der Waals surface area contributed by atoms with Crippen LogP contribution in [0.4, 0.5) is 0 Å². The van der Waals surface area contributed by atoms with Crippen molar-refractivity contribution in [2.24, 2.45) is 23.2 Å². The zero-order chi connectivity index (χ0) is 18.9. The van der Waals surface area contributed by atoms with E-state index in [1.54, 1.807) is 0 Å². The molecule has 0 aromatic heterocycles. The Balaban J connectivity index is 2.07. The van der Waals surface area contributed by atoms with E-state index in [0.29, 0.717) is 17.5 Å². The first-order valence-corrected chi connectivity index (χ1v) is 11.0. The van der Waals surface area contributed by atoms with E-state index < -0.39 is 0 Å². The second kappa shape index (κ2) is 8.30. The number of hydrogen-bond donors (Lipinski definition) is 0. The van der Waals surface area contributed by atoms with Gasteiger partial charge in [0.25, 0.3) is 0 Å². The van der Waals surface area contributed by atoms with Crippen molar-refractivity contribution in [3.05, 3.63) is 0 Å². The second-order valence-corrected chi connectivity index (χ2v) is 10.8. The lowest BCUT2D eigenvalue weighted by Gasteiger charge is -2.51. The van der Waals surface area contributed by atoms with Crippen LogP contribution in [0.25, 0.3) is 0 Å². The maximum absolute atomic E-state index is 2.82. The maximum Gasteiger partial charge on any atom is 0.0103 e. The zero-order valence-corrected chi connectivity index (χ0v) is 18.7. The van der Waals surface area contributed by atoms with Gasteiger partial charge in [0.1, 0.15) is 0 Å². The summed E-state index contributed by atoms with van der Waals surface area (Å²) in [6, 6.07) is 2.85. The summed E-state index contributed by atoms with van der Waals surface area (Å²) in [5.74, 6) is 2.51. The van der Waals surface area contributed by atoms with Crippen LogP contribution in [0, 0.1) is 23.2 Å². The molecular weight excluding hydrogens is 304 g/mol. The van der Waals surface area contributed by atoms with Crippen molar-refractivity contribution in [1.29, 1.82) is 0 Å². The largest absolute Gasteiger partial charge is 0.298 e. The van der Waals surface area contributed by atoms with Crippen LogP contribution in [-0.4, -0.2) is 47.1 Å². The minimum absolute atomic E-state index is 0.404. The van der Waals surface area contributed by atoms with Crippen molar-refractivity contribution < 1.29 is 0 Å². The molecule has 2 saturated heterocycles. The van der Waals surface area contributed by atoms with Crippen molar-refractivity contribution in [3.8, 4) is 0 Å². The average Bonchev–Trinajstić information content (AvgIpc) is 2.50. The van der Waals surface area contributed by atoms with Crippen LogP contribution >= 0.6 is 0 Å². The Morgan fingerprint density at radius 2 is 1.60 bits per heavy atom. The lowest BCUT2D eigenvalue weighted by atomic mass is 9.68. The third-order valence-corrected chi connectivity index (χ3v) is 7.60. The van der Waals surface area contributed by atoms with E-state index in [4.69, 9.17) is 0 Å². The van der Waals surface area contributed by atoms with Gasteiger partial charge < -0.3 is 0 Å². The fraction of sp³-hybridized carbons (Fsp3) is 1.00. The van der Waals surface area contributed by atoms with Gasteiger partial charge >= 0.3 is 0 Å². The van der Waals surface area contributed by atoms with E-state index in [1.807, 2.05) is 0 Å². The molecule has 25 heavy (non-hydrogen) atoms. The molecule has 0 aromatic rings. The Kier molecular flexibility index (Phi) is 7.04. The summed E-state index contributed by atoms with van der Waals surface area (Å²) in [6.45, 7) is 24.6. The fourth-order valence-electron chi connectivity index (χ4n) is 5.86. The van der Waals surface area contributed by atoms with Gasteiger partial charge in [0.2, 0.25) is 0 Å². The smallest absolute Gasteiger partial charge is 0.0103 e. The van der Waals surface area contributed by atoms with E-state index in [9.17, 15) is 0 Å². The van der Waals surface area contributed by atoms with Crippen LogP contribution in [0.3, 0.4) is 0 Å². The normalized spacial score (nSPS) is 37.4. The molecule has 2 unspecified atom stereocenters. The molecule has 2 heteroatoms. The van der Waals surface area contributed by atoms with E-state index >= 15 is 0 Å². The summed E-state index contributed by atoms with van der Waals surface area (Å²) >= 11 is 0. The molecule has 2 heterocycles. The minimum atomic E-state index is 0.404. The first-order chi connectivity index (χ1) is 11.5. The molecule has 2 nitrogen and oxygen atoms in total. The number of piperidine rings is 2. The van der Waals surface area contributed by atoms with E-state index in [-0.39, 0.29) is 0 Å². The van der Waals surface area contributed by atoms with E-state index in [0.717, 1.165) is 29.8 Å². The van der Waals surface area contributed by atoms with Crippen LogP contribution in [0.1, 0.15) is 88.0 Å². The quantitative estimate of drug-likeness (QED) is 0.645. The lowest BCUT2D eigenvalue weighted by Crippen LogP contribution is -2.55. The zero-order valence-electron chi connectivity index (χ0n) is 18.7. The predicted molar refractivity (Wildman–Crippen MR) is 111 cm³/mol. The van der Waals surface area contributed by atoms with Crippen molar-refractivity contribution in [1.82, 2.24) is 9.80 Å². The predicted octanol–water partition coefficient (Wildman–Crippen LogP) is 5.67. The van der Waals surface area contributed by atoms with Gasteiger partial charge in [-0.2, -0.15) is 0 Å². The SMILES string of the molecule is CC(C)N1CC(CC(C)N2CCC[C@H](C)[C@H]2C)C[C@@H](C(C)(C)C)[C@H]1C. The molecule has 2 aliphatic rings. The average molecular weight is 351 g/mol. The fourth-order valence-corrected chi connectivity index (χ4v) is 5.86. The monoisotopic (exact) mass is 350 g/mol. The van der Waals surface area contributed by atoms with Crippen LogP contribution in [-0.2, 0) is 0 Å². The second-order valence-electron chi connectivity index (χ2n) is 10.8. The molecule has 2 rings (SSSR count). The number of rotatable bonds is 4. The van der Waals surface area contributed by atoms with Gasteiger partial charge in [0.15, 0.2) is 0 Å². The van der Waals surface area contributed by atoms with Crippen molar-refractivity contribution >= 4 is 0 Å². The highest BCUT2D eigenvalue weighted by Crippen LogP contribution is 2.42. The lowest BCUT2D eigenvalue weighted by molar-refractivity contribution is -0.0204. The standard InChI is InChI=1S/C23H46N2/c1-16(2)25-15-21(14-22(20(25)6)23(7,8)9)13-18(4)24-12-10-11-17(3)19(24)5/h16-22H,10-15H2,1-9H3/t17-,18?,19+,20+,21?,22+/m0/s1. The summed E-state index contributed by atoms with van der Waals surface area (Å²) < 4.78 is 0. The van der Waals surface area contributed by atoms with Crippen LogP contribution < -0.4 is 0 Å². The molecule has 0 saturated carbocycles. The van der Waals surface area contributed by atoms with Crippen LogP contribution in [0.15, 0.2) is 0 Å². The summed E-state index contributed by atoms with van der Waals surface area (Å²) in [7, 11) is 0. The summed E-state index contributed by atoms with van der Waals surface area (Å²) in [4.78, 5) is 5.61. The van der Waals surface area contributed by atoms with Gasteiger partial charge in [-0.1, -0.05) is 27.7 Å². The van der Waals surface area contributed by atoms with E-state index in [2.05, 4.69) is 72.1 Å². The first kappa shape index (κ1) is 21.2. The number of hydrogen-bond acceptors (Lipinski definition) is 2. The molecule has 0 aromatic carbocycles. The number of nitrogens with zero attached hydrogens (tertiary/aromatic N) is 2. The highest BCUT2D eigenvalue weighted by Gasteiger charge is 2.41. The Labute approximate surface area is 158 Å². The molecule has 0 spiro atoms. The summed E-state index contributed by atoms with van der Waals surface area (Å²) in [5.41, 5.74) is 0.404. The van der Waals surface area contributed by atoms with Gasteiger partial charge in [-0.3, -0.25) is 9.80 Å². The molecular formula is C23H46N2. The van der Waals surface area contributed by atoms with Crippen LogP contribution in [0.5, 0.6) is 0 Å².